The third-order valence-electron chi connectivity index (χ3n) is 2.61. The molecule has 2 rings (SSSR count). The predicted octanol–water partition coefficient (Wildman–Crippen LogP) is 4.08. The molecule has 0 aliphatic heterocycles. The van der Waals surface area contributed by atoms with Crippen LogP contribution >= 0.6 is 39.1 Å². The smallest absolute Gasteiger partial charge is 0.104 e. The first-order chi connectivity index (χ1) is 9.47. The summed E-state index contributed by atoms with van der Waals surface area (Å²) in [5.74, 6) is 0.598. The Morgan fingerprint density at radius 3 is 2.55 bits per heavy atom. The molecule has 0 saturated heterocycles. The highest BCUT2D eigenvalue weighted by Gasteiger charge is 2.12. The maximum absolute atomic E-state index is 6.21. The second kappa shape index (κ2) is 6.89. The minimum Gasteiger partial charge on any atom is -0.311 e. The van der Waals surface area contributed by atoms with Crippen molar-refractivity contribution in [3.8, 4) is 5.69 Å². The molecular formula is C13H15BrCl2N4. The third kappa shape index (κ3) is 3.95. The van der Waals surface area contributed by atoms with Crippen LogP contribution in [0.5, 0.6) is 0 Å². The lowest BCUT2D eigenvalue weighted by molar-refractivity contribution is 0.548. The molecule has 0 bridgehead atoms. The molecule has 2 aromatic rings. The van der Waals surface area contributed by atoms with Crippen molar-refractivity contribution in [1.29, 1.82) is 0 Å². The van der Waals surface area contributed by atoms with Crippen LogP contribution in [0.15, 0.2) is 22.8 Å². The van der Waals surface area contributed by atoms with E-state index >= 15 is 0 Å². The summed E-state index contributed by atoms with van der Waals surface area (Å²) in [5, 5.41) is 12.6. The average molecular weight is 378 g/mol. The number of rotatable bonds is 5. The number of aromatic nitrogens is 3. The monoisotopic (exact) mass is 376 g/mol. The largest absolute Gasteiger partial charge is 0.311 e. The van der Waals surface area contributed by atoms with Crippen LogP contribution in [-0.2, 0) is 6.54 Å². The van der Waals surface area contributed by atoms with Gasteiger partial charge in [-0.25, -0.2) is 4.68 Å². The molecular weight excluding hydrogens is 363 g/mol. The van der Waals surface area contributed by atoms with Gasteiger partial charge in [0, 0.05) is 11.0 Å². The minimum absolute atomic E-state index is 0.524. The highest BCUT2D eigenvalue weighted by Crippen LogP contribution is 2.31. The van der Waals surface area contributed by atoms with E-state index in [4.69, 9.17) is 23.2 Å². The molecule has 108 valence electrons. The van der Waals surface area contributed by atoms with Crippen LogP contribution in [0.25, 0.3) is 5.69 Å². The predicted molar refractivity (Wildman–Crippen MR) is 85.6 cm³/mol. The lowest BCUT2D eigenvalue weighted by atomic mass is 10.2. The van der Waals surface area contributed by atoms with Crippen molar-refractivity contribution in [2.24, 2.45) is 5.92 Å². The molecule has 0 unspecified atom stereocenters. The van der Waals surface area contributed by atoms with Gasteiger partial charge in [0.05, 0.1) is 21.9 Å². The van der Waals surface area contributed by atoms with Gasteiger partial charge in [0.1, 0.15) is 5.69 Å². The lowest BCUT2D eigenvalue weighted by Gasteiger charge is -2.06. The molecule has 0 amide bonds. The maximum Gasteiger partial charge on any atom is 0.104 e. The van der Waals surface area contributed by atoms with Crippen LogP contribution in [0.4, 0.5) is 0 Å². The Bertz CT molecular complexity index is 575. The molecule has 0 radical (unpaired) electrons. The molecule has 0 atom stereocenters. The summed E-state index contributed by atoms with van der Waals surface area (Å²) >= 11 is 15.8. The Hall–Kier alpha value is -0.620. The Morgan fingerprint density at radius 2 is 1.95 bits per heavy atom. The number of benzene rings is 1. The van der Waals surface area contributed by atoms with Gasteiger partial charge in [-0.1, -0.05) is 58.2 Å². The normalized spacial score (nSPS) is 11.3. The Kier molecular flexibility index (Phi) is 5.43. The van der Waals surface area contributed by atoms with E-state index in [2.05, 4.69) is 45.4 Å². The fourth-order valence-electron chi connectivity index (χ4n) is 1.73. The number of nitrogens with zero attached hydrogens (tertiary/aromatic N) is 3. The average Bonchev–Trinajstić information content (AvgIpc) is 2.75. The summed E-state index contributed by atoms with van der Waals surface area (Å²) in [5.41, 5.74) is 1.49. The van der Waals surface area contributed by atoms with E-state index in [-0.39, 0.29) is 0 Å². The van der Waals surface area contributed by atoms with Crippen LogP contribution in [0, 0.1) is 5.92 Å². The maximum atomic E-state index is 6.21. The summed E-state index contributed by atoms with van der Waals surface area (Å²) in [6.07, 6.45) is 1.83. The Morgan fingerprint density at radius 1 is 1.30 bits per heavy atom. The van der Waals surface area contributed by atoms with Gasteiger partial charge < -0.3 is 5.32 Å². The molecule has 0 aliphatic carbocycles. The fourth-order valence-corrected chi connectivity index (χ4v) is 3.11. The highest BCUT2D eigenvalue weighted by atomic mass is 79.9. The number of hydrogen-bond donors (Lipinski definition) is 1. The SMILES string of the molecule is CC(C)CNCc1cn(-c2c(Cl)cc(Br)cc2Cl)nn1. The van der Waals surface area contributed by atoms with Crippen LogP contribution in [0.2, 0.25) is 10.0 Å². The van der Waals surface area contributed by atoms with Gasteiger partial charge in [-0.2, -0.15) is 0 Å². The van der Waals surface area contributed by atoms with Gasteiger partial charge in [0.25, 0.3) is 0 Å². The first kappa shape index (κ1) is 15.8. The molecule has 7 heteroatoms. The molecule has 0 fully saturated rings. The zero-order chi connectivity index (χ0) is 14.7. The molecule has 20 heavy (non-hydrogen) atoms. The number of halogens is 3. The molecule has 1 heterocycles. The Balaban J connectivity index is 2.17. The Labute approximate surface area is 136 Å². The first-order valence-electron chi connectivity index (χ1n) is 6.24. The van der Waals surface area contributed by atoms with Crippen molar-refractivity contribution in [2.75, 3.05) is 6.54 Å². The molecule has 0 aliphatic rings. The summed E-state index contributed by atoms with van der Waals surface area (Å²) < 4.78 is 2.43. The van der Waals surface area contributed by atoms with Crippen LogP contribution < -0.4 is 5.32 Å². The second-order valence-electron chi connectivity index (χ2n) is 4.90. The van der Waals surface area contributed by atoms with Crippen molar-refractivity contribution in [3.63, 3.8) is 0 Å². The van der Waals surface area contributed by atoms with Crippen LogP contribution in [0.1, 0.15) is 19.5 Å². The quantitative estimate of drug-likeness (QED) is 0.853. The van der Waals surface area contributed by atoms with E-state index in [1.165, 1.54) is 0 Å². The van der Waals surface area contributed by atoms with E-state index in [0.29, 0.717) is 28.2 Å². The molecule has 0 spiro atoms. The zero-order valence-corrected chi connectivity index (χ0v) is 14.3. The standard InChI is InChI=1S/C13H15BrCl2N4/c1-8(2)5-17-6-10-7-20(19-18-10)13-11(15)3-9(14)4-12(13)16/h3-4,7-8,17H,5-6H2,1-2H3. The van der Waals surface area contributed by atoms with Crippen molar-refractivity contribution in [1.82, 2.24) is 20.3 Å². The van der Waals surface area contributed by atoms with Crippen LogP contribution in [0.3, 0.4) is 0 Å². The van der Waals surface area contributed by atoms with Gasteiger partial charge in [-0.15, -0.1) is 5.10 Å². The summed E-state index contributed by atoms with van der Waals surface area (Å²) in [6, 6.07) is 3.56. The minimum atomic E-state index is 0.524. The van der Waals surface area contributed by atoms with E-state index < -0.39 is 0 Å². The van der Waals surface area contributed by atoms with E-state index in [1.54, 1.807) is 16.8 Å². The van der Waals surface area contributed by atoms with Gasteiger partial charge in [0.2, 0.25) is 0 Å². The summed E-state index contributed by atoms with van der Waals surface area (Å²) in [4.78, 5) is 0. The molecule has 4 nitrogen and oxygen atoms in total. The first-order valence-corrected chi connectivity index (χ1v) is 7.79. The second-order valence-corrected chi connectivity index (χ2v) is 6.63. The zero-order valence-electron chi connectivity index (χ0n) is 11.2. The lowest BCUT2D eigenvalue weighted by Crippen LogP contribution is -2.19. The van der Waals surface area contributed by atoms with Crippen molar-refractivity contribution < 1.29 is 0 Å². The van der Waals surface area contributed by atoms with Gasteiger partial charge in [0.15, 0.2) is 0 Å². The van der Waals surface area contributed by atoms with E-state index in [9.17, 15) is 0 Å². The highest BCUT2D eigenvalue weighted by molar-refractivity contribution is 9.10. The molecule has 1 N–H and O–H groups in total. The molecule has 1 aromatic carbocycles. The van der Waals surface area contributed by atoms with Crippen LogP contribution in [-0.4, -0.2) is 21.5 Å². The van der Waals surface area contributed by atoms with E-state index in [0.717, 1.165) is 16.7 Å². The summed E-state index contributed by atoms with van der Waals surface area (Å²) in [6.45, 7) is 5.92. The van der Waals surface area contributed by atoms with Crippen molar-refractivity contribution in [3.05, 3.63) is 38.5 Å². The van der Waals surface area contributed by atoms with Gasteiger partial charge in [-0.05, 0) is 24.6 Å². The summed E-state index contributed by atoms with van der Waals surface area (Å²) in [7, 11) is 0. The van der Waals surface area contributed by atoms with Gasteiger partial charge in [-0.3, -0.25) is 0 Å². The van der Waals surface area contributed by atoms with Crippen molar-refractivity contribution in [2.45, 2.75) is 20.4 Å². The number of hydrogen-bond acceptors (Lipinski definition) is 3. The third-order valence-corrected chi connectivity index (χ3v) is 3.64. The van der Waals surface area contributed by atoms with Crippen molar-refractivity contribution >= 4 is 39.1 Å². The number of nitrogens with one attached hydrogen (secondary N) is 1. The molecule has 0 saturated carbocycles. The van der Waals surface area contributed by atoms with E-state index in [1.807, 2.05) is 6.20 Å². The van der Waals surface area contributed by atoms with Gasteiger partial charge >= 0.3 is 0 Å². The topological polar surface area (TPSA) is 42.7 Å². The molecule has 1 aromatic heterocycles. The fraction of sp³-hybridized carbons (Fsp3) is 0.385.